The first-order chi connectivity index (χ1) is 19.5. The topological polar surface area (TPSA) is 207 Å². The molecule has 1 atom stereocenters. The van der Waals surface area contributed by atoms with E-state index in [1.54, 1.807) is 12.1 Å². The Morgan fingerprint density at radius 1 is 0.780 bits per heavy atom. The molecule has 0 aliphatic rings. The number of aryl methyl sites for hydroxylation is 2. The van der Waals surface area contributed by atoms with E-state index in [1.807, 2.05) is 0 Å². The summed E-state index contributed by atoms with van der Waals surface area (Å²) in [5.74, 6) is -0.558. The first kappa shape index (κ1) is 30.5. The van der Waals surface area contributed by atoms with Crippen molar-refractivity contribution >= 4 is 65.9 Å². The Kier molecular flexibility index (Phi) is 10.4. The summed E-state index contributed by atoms with van der Waals surface area (Å²) in [7, 11) is -3.79. The zero-order valence-corrected chi connectivity index (χ0v) is 24.6. The Bertz CT molecular complexity index is 1640. The highest BCUT2D eigenvalue weighted by Gasteiger charge is 2.13. The maximum atomic E-state index is 12.3. The molecule has 1 unspecified atom stereocenters. The molecule has 0 aliphatic carbocycles. The summed E-state index contributed by atoms with van der Waals surface area (Å²) in [5.41, 5.74) is 1.34. The minimum absolute atomic E-state index is 0.0199. The lowest BCUT2D eigenvalue weighted by atomic mass is 10.1. The number of amides is 2. The fraction of sp³-hybridized carbons (Fsp3) is 0.250. The number of hydrogen-bond donors (Lipinski definition) is 4. The van der Waals surface area contributed by atoms with Gasteiger partial charge in [-0.1, -0.05) is 46.9 Å². The van der Waals surface area contributed by atoms with Crippen LogP contribution in [0.25, 0.3) is 0 Å². The highest BCUT2D eigenvalue weighted by Crippen LogP contribution is 2.21. The van der Waals surface area contributed by atoms with Gasteiger partial charge in [0.15, 0.2) is 11.1 Å². The number of benzene rings is 2. The number of carbonyl (C=O) groups excluding carboxylic acids is 2. The van der Waals surface area contributed by atoms with Crippen molar-refractivity contribution in [3.05, 3.63) is 69.7 Å². The second-order valence-corrected chi connectivity index (χ2v) is 13.4. The van der Waals surface area contributed by atoms with E-state index in [-0.39, 0.29) is 34.4 Å². The van der Waals surface area contributed by atoms with Gasteiger partial charge in [0, 0.05) is 12.8 Å². The molecule has 13 nitrogen and oxygen atoms in total. The lowest BCUT2D eigenvalue weighted by Crippen LogP contribution is -2.15. The van der Waals surface area contributed by atoms with Crippen LogP contribution in [0.2, 0.25) is 0 Å². The molecule has 0 saturated heterocycles. The minimum atomic E-state index is -3.79. The maximum absolute atomic E-state index is 12.3. The number of nitrogens with two attached hydrogens (primary N) is 1. The number of carbonyl (C=O) groups is 2. The lowest BCUT2D eigenvalue weighted by molar-refractivity contribution is -0.116. The number of hydrogen-bond acceptors (Lipinski definition) is 11. The molecule has 2 heterocycles. The third-order valence-corrected chi connectivity index (χ3v) is 8.97. The van der Waals surface area contributed by atoms with Crippen molar-refractivity contribution in [2.24, 2.45) is 5.14 Å². The molecule has 0 saturated carbocycles. The molecule has 41 heavy (non-hydrogen) atoms. The van der Waals surface area contributed by atoms with Crippen molar-refractivity contribution in [1.29, 1.82) is 0 Å². The van der Waals surface area contributed by atoms with Crippen LogP contribution < -0.4 is 15.8 Å². The highest BCUT2D eigenvalue weighted by atomic mass is 32.2. The molecule has 2 aromatic carbocycles. The van der Waals surface area contributed by atoms with Crippen LogP contribution in [0.4, 0.5) is 10.3 Å². The first-order valence-electron chi connectivity index (χ1n) is 12.1. The zero-order chi connectivity index (χ0) is 29.4. The largest absolute Gasteiger partial charge is 0.302 e. The predicted molar refractivity (Wildman–Crippen MR) is 154 cm³/mol. The van der Waals surface area contributed by atoms with Crippen LogP contribution in [-0.2, 0) is 56.4 Å². The van der Waals surface area contributed by atoms with E-state index in [0.29, 0.717) is 34.2 Å². The molecule has 4 rings (SSSR count). The van der Waals surface area contributed by atoms with E-state index in [4.69, 9.17) is 9.69 Å². The third kappa shape index (κ3) is 9.55. The van der Waals surface area contributed by atoms with Gasteiger partial charge in [-0.3, -0.25) is 9.59 Å². The van der Waals surface area contributed by atoms with Gasteiger partial charge >= 0.3 is 0 Å². The minimum Gasteiger partial charge on any atom is -0.302 e. The summed E-state index contributed by atoms with van der Waals surface area (Å²) in [6.07, 6.45) is 3.14. The fourth-order valence-corrected chi connectivity index (χ4v) is 6.06. The van der Waals surface area contributed by atoms with Crippen LogP contribution in [0.15, 0.2) is 58.3 Å². The molecule has 17 heteroatoms. The van der Waals surface area contributed by atoms with Gasteiger partial charge in [0.05, 0.1) is 22.6 Å². The molecule has 0 aliphatic heterocycles. The number of sulfonamides is 1. The quantitative estimate of drug-likeness (QED) is 0.125. The number of primary sulfonamides is 1. The van der Waals surface area contributed by atoms with Crippen LogP contribution in [0.1, 0.15) is 34.0 Å². The smallest absolute Gasteiger partial charge is 0.238 e. The summed E-state index contributed by atoms with van der Waals surface area (Å²) in [4.78, 5) is 24.9. The van der Waals surface area contributed by atoms with Gasteiger partial charge in [-0.25, -0.2) is 17.8 Å². The number of rotatable bonds is 13. The van der Waals surface area contributed by atoms with E-state index >= 15 is 0 Å². The maximum Gasteiger partial charge on any atom is 0.238 e. The molecule has 5 N–H and O–H groups in total. The van der Waals surface area contributed by atoms with Gasteiger partial charge in [0.25, 0.3) is 0 Å². The van der Waals surface area contributed by atoms with Gasteiger partial charge in [0.2, 0.25) is 32.1 Å². The molecule has 216 valence electrons. The molecule has 0 radical (unpaired) electrons. The molecule has 0 fully saturated rings. The Hall–Kier alpha value is -3.48. The van der Waals surface area contributed by atoms with Gasteiger partial charge in [0.1, 0.15) is 10.0 Å². The summed E-state index contributed by atoms with van der Waals surface area (Å²) in [6.45, 7) is 0. The van der Waals surface area contributed by atoms with Gasteiger partial charge < -0.3 is 15.2 Å². The average Bonchev–Trinajstić information content (AvgIpc) is 3.55. The second kappa shape index (κ2) is 13.9. The highest BCUT2D eigenvalue weighted by molar-refractivity contribution is 7.89. The zero-order valence-electron chi connectivity index (χ0n) is 21.3. The Morgan fingerprint density at radius 3 is 1.63 bits per heavy atom. The molecular formula is C24H25N7O6S4. The number of nitrogens with zero attached hydrogens (tertiary/aromatic N) is 4. The van der Waals surface area contributed by atoms with Crippen LogP contribution in [-0.4, -0.2) is 49.4 Å². The monoisotopic (exact) mass is 635 g/mol. The molecule has 0 spiro atoms. The predicted octanol–water partition coefficient (Wildman–Crippen LogP) is 2.55. The third-order valence-electron chi connectivity index (χ3n) is 5.56. The van der Waals surface area contributed by atoms with E-state index in [2.05, 4.69) is 31.0 Å². The van der Waals surface area contributed by atoms with E-state index in [9.17, 15) is 22.2 Å². The summed E-state index contributed by atoms with van der Waals surface area (Å²) in [5, 5.41) is 29.1. The van der Waals surface area contributed by atoms with Gasteiger partial charge in [-0.2, -0.15) is 0 Å². The number of nitrogens with one attached hydrogen (secondary N) is 2. The summed E-state index contributed by atoms with van der Waals surface area (Å²) < 4.78 is 42.8. The van der Waals surface area contributed by atoms with Gasteiger partial charge in [-0.15, -0.1) is 20.4 Å². The van der Waals surface area contributed by atoms with Crippen LogP contribution in [0.3, 0.4) is 0 Å². The van der Waals surface area contributed by atoms with Crippen molar-refractivity contribution < 1.29 is 26.8 Å². The molecule has 2 amide bonds. The number of anilines is 2. The fourth-order valence-electron chi connectivity index (χ4n) is 3.58. The average molecular weight is 636 g/mol. The Labute approximate surface area is 246 Å². The van der Waals surface area contributed by atoms with Crippen molar-refractivity contribution in [1.82, 2.24) is 20.4 Å². The summed E-state index contributed by atoms with van der Waals surface area (Å²) in [6, 6.07) is 12.0. The normalized spacial score (nSPS) is 12.1. The van der Waals surface area contributed by atoms with E-state index < -0.39 is 21.1 Å². The van der Waals surface area contributed by atoms with Crippen LogP contribution in [0, 0.1) is 0 Å². The standard InChI is InChI=1S/C24H25N7O6S4/c25-41(36,37)18-11-7-16(8-12-18)14-20(33)27-24-31-29-22(39-24)4-2-1-3-21-28-30-23(38-21)26-19(32)13-15-5-9-17(10-6-15)40(34)35/h5-12H,1-4,13-14H2,(H,34,35)(H2,25,36,37)(H,26,30,32)(H,27,31,33). The number of aromatic nitrogens is 4. The Morgan fingerprint density at radius 2 is 1.22 bits per heavy atom. The van der Waals surface area contributed by atoms with Crippen molar-refractivity contribution in [3.8, 4) is 0 Å². The van der Waals surface area contributed by atoms with E-state index in [0.717, 1.165) is 22.9 Å². The Balaban J connectivity index is 1.15. The lowest BCUT2D eigenvalue weighted by Gasteiger charge is -2.03. The number of unbranched alkanes of at least 4 members (excludes halogenated alkanes) is 1. The molecule has 0 bridgehead atoms. The second-order valence-electron chi connectivity index (χ2n) is 8.74. The molecular weight excluding hydrogens is 611 g/mol. The van der Waals surface area contributed by atoms with Crippen LogP contribution in [0.5, 0.6) is 0 Å². The van der Waals surface area contributed by atoms with Crippen molar-refractivity contribution in [2.45, 2.75) is 48.3 Å². The first-order valence-corrected chi connectivity index (χ1v) is 16.4. The molecule has 4 aromatic rings. The van der Waals surface area contributed by atoms with Crippen molar-refractivity contribution in [2.75, 3.05) is 10.6 Å². The SMILES string of the molecule is NS(=O)(=O)c1ccc(CC(=O)Nc2nnc(CCCCc3nnc(NC(=O)Cc4ccc(S(=O)O)cc4)s3)s2)cc1. The van der Waals surface area contributed by atoms with Crippen LogP contribution >= 0.6 is 22.7 Å². The molecule has 2 aromatic heterocycles. The van der Waals surface area contributed by atoms with Crippen molar-refractivity contribution in [3.63, 3.8) is 0 Å². The van der Waals surface area contributed by atoms with Gasteiger partial charge in [-0.05, 0) is 48.2 Å². The van der Waals surface area contributed by atoms with E-state index in [1.165, 1.54) is 59.1 Å². The summed E-state index contributed by atoms with van der Waals surface area (Å²) >= 11 is 0.530.